The summed E-state index contributed by atoms with van der Waals surface area (Å²) in [5.74, 6) is 0.887. The Bertz CT molecular complexity index is 453. The molecule has 2 N–H and O–H groups in total. The number of hydrogen-bond donors (Lipinski definition) is 2. The third kappa shape index (κ3) is 3.46. The summed E-state index contributed by atoms with van der Waals surface area (Å²) < 4.78 is 0. The van der Waals surface area contributed by atoms with E-state index in [1.165, 1.54) is 5.56 Å². The molecule has 0 saturated carbocycles. The molecule has 0 aromatic carbocycles. The van der Waals surface area contributed by atoms with Crippen molar-refractivity contribution in [2.75, 3.05) is 17.7 Å². The zero-order chi connectivity index (χ0) is 12.1. The average molecular weight is 247 g/mol. The summed E-state index contributed by atoms with van der Waals surface area (Å²) in [4.78, 5) is 4.19. The third-order valence-corrected chi connectivity index (χ3v) is 3.28. The van der Waals surface area contributed by atoms with Crippen LogP contribution in [-0.4, -0.2) is 18.1 Å². The van der Waals surface area contributed by atoms with Crippen LogP contribution in [0, 0.1) is 0 Å². The number of hydrogen-bond acceptors (Lipinski definition) is 4. The van der Waals surface area contributed by atoms with Crippen molar-refractivity contribution >= 4 is 22.8 Å². The van der Waals surface area contributed by atoms with Gasteiger partial charge in [-0.1, -0.05) is 0 Å². The summed E-state index contributed by atoms with van der Waals surface area (Å²) in [5.41, 5.74) is 2.49. The van der Waals surface area contributed by atoms with Gasteiger partial charge in [-0.05, 0) is 41.8 Å². The van der Waals surface area contributed by atoms with Crippen molar-refractivity contribution in [2.45, 2.75) is 19.4 Å². The van der Waals surface area contributed by atoms with E-state index < -0.39 is 0 Å². The molecule has 4 heteroatoms. The first-order valence-corrected chi connectivity index (χ1v) is 6.63. The van der Waals surface area contributed by atoms with Crippen molar-refractivity contribution in [2.24, 2.45) is 0 Å². The van der Waals surface area contributed by atoms with Gasteiger partial charge in [-0.2, -0.15) is 11.3 Å². The molecular weight excluding hydrogens is 230 g/mol. The fourth-order valence-electron chi connectivity index (χ4n) is 1.75. The number of nitrogens with one attached hydrogen (secondary N) is 2. The van der Waals surface area contributed by atoms with E-state index >= 15 is 0 Å². The van der Waals surface area contributed by atoms with Gasteiger partial charge in [-0.25, -0.2) is 4.98 Å². The van der Waals surface area contributed by atoms with Crippen LogP contribution in [0.5, 0.6) is 0 Å². The second-order valence-corrected chi connectivity index (χ2v) is 4.84. The van der Waals surface area contributed by atoms with Gasteiger partial charge in [0, 0.05) is 31.0 Å². The van der Waals surface area contributed by atoms with Crippen LogP contribution in [0.2, 0.25) is 0 Å². The summed E-state index contributed by atoms with van der Waals surface area (Å²) in [6, 6.07) is 6.60. The summed E-state index contributed by atoms with van der Waals surface area (Å²) in [6.07, 6.45) is 2.85. The third-order valence-electron chi connectivity index (χ3n) is 2.55. The van der Waals surface area contributed by atoms with Crippen LogP contribution in [0.1, 0.15) is 12.5 Å². The molecular formula is C13H17N3S. The first-order valence-electron chi connectivity index (χ1n) is 5.69. The summed E-state index contributed by atoms with van der Waals surface area (Å²) in [5, 5.41) is 10.8. The Kier molecular flexibility index (Phi) is 3.98. The van der Waals surface area contributed by atoms with Gasteiger partial charge in [0.05, 0.1) is 0 Å². The number of pyridine rings is 1. The number of nitrogens with zero attached hydrogens (tertiary/aromatic N) is 1. The first kappa shape index (κ1) is 11.9. The largest absolute Gasteiger partial charge is 0.382 e. The molecule has 1 atom stereocenters. The molecule has 0 aliphatic heterocycles. The van der Waals surface area contributed by atoms with Gasteiger partial charge < -0.3 is 10.6 Å². The maximum absolute atomic E-state index is 4.19. The van der Waals surface area contributed by atoms with Crippen LogP contribution in [0.25, 0.3) is 0 Å². The number of anilines is 2. The molecule has 2 heterocycles. The molecule has 0 spiro atoms. The maximum Gasteiger partial charge on any atom is 0.127 e. The van der Waals surface area contributed by atoms with Crippen molar-refractivity contribution in [3.05, 3.63) is 40.7 Å². The monoisotopic (exact) mass is 247 g/mol. The topological polar surface area (TPSA) is 37.0 Å². The van der Waals surface area contributed by atoms with Crippen LogP contribution in [-0.2, 0) is 6.42 Å². The van der Waals surface area contributed by atoms with E-state index in [-0.39, 0.29) is 0 Å². The normalized spacial score (nSPS) is 12.1. The average Bonchev–Trinajstić information content (AvgIpc) is 2.82. The Morgan fingerprint density at radius 3 is 3.00 bits per heavy atom. The lowest BCUT2D eigenvalue weighted by atomic mass is 10.1. The molecule has 2 aromatic heterocycles. The van der Waals surface area contributed by atoms with E-state index in [2.05, 4.69) is 39.4 Å². The van der Waals surface area contributed by atoms with Crippen molar-refractivity contribution < 1.29 is 0 Å². The molecule has 2 aromatic rings. The fraction of sp³-hybridized carbons (Fsp3) is 0.308. The van der Waals surface area contributed by atoms with Gasteiger partial charge in [0.2, 0.25) is 0 Å². The van der Waals surface area contributed by atoms with Gasteiger partial charge in [-0.3, -0.25) is 0 Å². The van der Waals surface area contributed by atoms with Crippen molar-refractivity contribution in [3.63, 3.8) is 0 Å². The second-order valence-electron chi connectivity index (χ2n) is 4.06. The Balaban J connectivity index is 1.95. The van der Waals surface area contributed by atoms with E-state index in [0.29, 0.717) is 6.04 Å². The maximum atomic E-state index is 4.19. The van der Waals surface area contributed by atoms with Gasteiger partial charge in [-0.15, -0.1) is 0 Å². The SMILES string of the molecule is CNc1cc(NC(C)Cc2ccsc2)ccn1. The van der Waals surface area contributed by atoms with E-state index in [1.807, 2.05) is 25.4 Å². The van der Waals surface area contributed by atoms with Crippen molar-refractivity contribution in [1.29, 1.82) is 0 Å². The number of aromatic nitrogens is 1. The highest BCUT2D eigenvalue weighted by Gasteiger charge is 2.04. The second kappa shape index (κ2) is 5.68. The molecule has 17 heavy (non-hydrogen) atoms. The lowest BCUT2D eigenvalue weighted by molar-refractivity contribution is 0.792. The van der Waals surface area contributed by atoms with E-state index in [4.69, 9.17) is 0 Å². The Hall–Kier alpha value is -1.55. The van der Waals surface area contributed by atoms with Gasteiger partial charge >= 0.3 is 0 Å². The van der Waals surface area contributed by atoms with Gasteiger partial charge in [0.1, 0.15) is 5.82 Å². The predicted octanol–water partition coefficient (Wildman–Crippen LogP) is 3.23. The van der Waals surface area contributed by atoms with E-state index in [1.54, 1.807) is 11.3 Å². The van der Waals surface area contributed by atoms with E-state index in [0.717, 1.165) is 17.9 Å². The lowest BCUT2D eigenvalue weighted by Crippen LogP contribution is -2.17. The van der Waals surface area contributed by atoms with E-state index in [9.17, 15) is 0 Å². The summed E-state index contributed by atoms with van der Waals surface area (Å²) >= 11 is 1.75. The molecule has 0 aliphatic rings. The molecule has 0 aliphatic carbocycles. The zero-order valence-corrected chi connectivity index (χ0v) is 10.9. The highest BCUT2D eigenvalue weighted by Crippen LogP contribution is 2.15. The highest BCUT2D eigenvalue weighted by molar-refractivity contribution is 7.07. The molecule has 90 valence electrons. The number of rotatable bonds is 5. The highest BCUT2D eigenvalue weighted by atomic mass is 32.1. The van der Waals surface area contributed by atoms with Crippen molar-refractivity contribution in [1.82, 2.24) is 4.98 Å². The minimum atomic E-state index is 0.414. The molecule has 0 saturated heterocycles. The van der Waals surface area contributed by atoms with Crippen molar-refractivity contribution in [3.8, 4) is 0 Å². The molecule has 2 rings (SSSR count). The lowest BCUT2D eigenvalue weighted by Gasteiger charge is -2.15. The van der Waals surface area contributed by atoms with Gasteiger partial charge in [0.15, 0.2) is 0 Å². The first-order chi connectivity index (χ1) is 8.28. The fourth-order valence-corrected chi connectivity index (χ4v) is 2.44. The van der Waals surface area contributed by atoms with Crippen LogP contribution >= 0.6 is 11.3 Å². The van der Waals surface area contributed by atoms with Crippen LogP contribution in [0.15, 0.2) is 35.2 Å². The predicted molar refractivity (Wildman–Crippen MR) is 74.9 cm³/mol. The van der Waals surface area contributed by atoms with Crippen LogP contribution in [0.3, 0.4) is 0 Å². The summed E-state index contributed by atoms with van der Waals surface area (Å²) in [7, 11) is 1.88. The number of thiophene rings is 1. The minimum absolute atomic E-state index is 0.414. The van der Waals surface area contributed by atoms with Crippen LogP contribution in [0.4, 0.5) is 11.5 Å². The molecule has 3 nitrogen and oxygen atoms in total. The molecule has 0 radical (unpaired) electrons. The van der Waals surface area contributed by atoms with Gasteiger partial charge in [0.25, 0.3) is 0 Å². The summed E-state index contributed by atoms with van der Waals surface area (Å²) in [6.45, 7) is 2.19. The Labute approximate surface area is 106 Å². The Morgan fingerprint density at radius 1 is 1.41 bits per heavy atom. The molecule has 0 amide bonds. The minimum Gasteiger partial charge on any atom is -0.382 e. The smallest absolute Gasteiger partial charge is 0.127 e. The Morgan fingerprint density at radius 2 is 2.29 bits per heavy atom. The quantitative estimate of drug-likeness (QED) is 0.851. The molecule has 0 bridgehead atoms. The molecule has 0 fully saturated rings. The van der Waals surface area contributed by atoms with Crippen LogP contribution < -0.4 is 10.6 Å². The zero-order valence-electron chi connectivity index (χ0n) is 10.1. The molecule has 1 unspecified atom stereocenters. The standard InChI is InChI=1S/C13H17N3S/c1-10(7-11-4-6-17-9-11)16-12-3-5-15-13(8-12)14-2/h3-6,8-10H,7H2,1-2H3,(H2,14,15,16).